The number of alkyl halides is 3. The third-order valence-electron chi connectivity index (χ3n) is 2.66. The second-order valence-electron chi connectivity index (χ2n) is 3.84. The van der Waals surface area contributed by atoms with Gasteiger partial charge in [0.25, 0.3) is 0 Å². The van der Waals surface area contributed by atoms with Gasteiger partial charge in [-0.15, -0.1) is 0 Å². The molecule has 0 aliphatic carbocycles. The highest BCUT2D eigenvalue weighted by molar-refractivity contribution is 5.77. The number of nitrogens with two attached hydrogens (primary N) is 1. The lowest BCUT2D eigenvalue weighted by molar-refractivity contribution is -0.142. The van der Waals surface area contributed by atoms with Gasteiger partial charge >= 0.3 is 6.18 Å². The van der Waals surface area contributed by atoms with Gasteiger partial charge in [-0.05, 0) is 17.7 Å². The van der Waals surface area contributed by atoms with Crippen molar-refractivity contribution in [3.05, 3.63) is 23.9 Å². The van der Waals surface area contributed by atoms with Crippen LogP contribution in [0.2, 0.25) is 0 Å². The lowest BCUT2D eigenvalue weighted by atomic mass is 10.0. The van der Waals surface area contributed by atoms with E-state index >= 15 is 0 Å². The normalized spacial score (nSPS) is 11.4. The van der Waals surface area contributed by atoms with Crippen molar-refractivity contribution in [2.24, 2.45) is 0 Å². The molecule has 108 valence electrons. The highest BCUT2D eigenvalue weighted by Crippen LogP contribution is 2.42. The Morgan fingerprint density at radius 2 is 1.80 bits per heavy atom. The zero-order chi connectivity index (χ0) is 14.9. The maximum absolute atomic E-state index is 12.8. The van der Waals surface area contributed by atoms with E-state index in [9.17, 15) is 13.2 Å². The first-order valence-corrected chi connectivity index (χ1v) is 5.43. The van der Waals surface area contributed by atoms with Crippen molar-refractivity contribution in [2.75, 3.05) is 20.0 Å². The molecule has 2 N–H and O–H groups in total. The molecule has 1 heterocycles. The lowest BCUT2D eigenvalue weighted by Crippen LogP contribution is -2.07. The Bertz CT molecular complexity index is 623. The minimum atomic E-state index is -4.66. The van der Waals surface area contributed by atoms with Crippen molar-refractivity contribution in [3.63, 3.8) is 0 Å². The summed E-state index contributed by atoms with van der Waals surface area (Å²) < 4.78 is 53.0. The number of hydrogen-bond acceptors (Lipinski definition) is 5. The smallest absolute Gasteiger partial charge is 0.437 e. The van der Waals surface area contributed by atoms with E-state index in [4.69, 9.17) is 15.2 Å². The number of ether oxygens (including phenoxy) is 2. The van der Waals surface area contributed by atoms with Crippen LogP contribution < -0.4 is 15.2 Å². The first-order chi connectivity index (χ1) is 9.38. The van der Waals surface area contributed by atoms with Crippen LogP contribution in [-0.4, -0.2) is 19.4 Å². The summed E-state index contributed by atoms with van der Waals surface area (Å²) in [6.07, 6.45) is -4.66. The second kappa shape index (κ2) is 4.95. The number of methoxy groups -OCH3 is 2. The molecule has 0 unspecified atom stereocenters. The average Bonchev–Trinajstić information content (AvgIpc) is 2.79. The van der Waals surface area contributed by atoms with Gasteiger partial charge in [0.05, 0.1) is 19.8 Å². The molecule has 0 bridgehead atoms. The molecule has 0 aliphatic heterocycles. The molecule has 8 heteroatoms. The molecule has 0 radical (unpaired) electrons. The van der Waals surface area contributed by atoms with Gasteiger partial charge in [0.1, 0.15) is 0 Å². The number of nitrogens with zero attached hydrogens (tertiary/aromatic N) is 1. The molecule has 5 nitrogen and oxygen atoms in total. The Morgan fingerprint density at radius 3 is 2.35 bits per heavy atom. The third-order valence-corrected chi connectivity index (χ3v) is 2.66. The van der Waals surface area contributed by atoms with Crippen LogP contribution in [0.4, 0.5) is 19.1 Å². The Labute approximate surface area is 112 Å². The van der Waals surface area contributed by atoms with Crippen molar-refractivity contribution in [3.8, 4) is 22.6 Å². The minimum absolute atomic E-state index is 0.175. The first kappa shape index (κ1) is 14.0. The van der Waals surface area contributed by atoms with Gasteiger partial charge in [-0.25, -0.2) is 0 Å². The topological polar surface area (TPSA) is 70.5 Å². The molecule has 1 aromatic heterocycles. The molecule has 0 saturated heterocycles. The summed E-state index contributed by atoms with van der Waals surface area (Å²) in [4.78, 5) is 0. The van der Waals surface area contributed by atoms with Gasteiger partial charge in [0.15, 0.2) is 17.2 Å². The van der Waals surface area contributed by atoms with Crippen molar-refractivity contribution in [1.82, 2.24) is 5.16 Å². The molecule has 0 saturated carbocycles. The average molecular weight is 288 g/mol. The van der Waals surface area contributed by atoms with E-state index in [0.29, 0.717) is 5.75 Å². The summed E-state index contributed by atoms with van der Waals surface area (Å²) in [6.45, 7) is 0. The molecule has 2 rings (SSSR count). The molecule has 20 heavy (non-hydrogen) atoms. The Hall–Kier alpha value is -2.38. The van der Waals surface area contributed by atoms with Crippen LogP contribution in [0.25, 0.3) is 11.1 Å². The number of aromatic nitrogens is 1. The third kappa shape index (κ3) is 2.36. The molecule has 2 aromatic rings. The van der Waals surface area contributed by atoms with E-state index in [1.54, 1.807) is 0 Å². The van der Waals surface area contributed by atoms with Crippen molar-refractivity contribution in [2.45, 2.75) is 6.18 Å². The molecule has 0 fully saturated rings. The highest BCUT2D eigenvalue weighted by Gasteiger charge is 2.39. The minimum Gasteiger partial charge on any atom is -0.493 e. The number of halogens is 3. The molecule has 1 aromatic carbocycles. The standard InChI is InChI=1S/C12H11F3N2O3/c1-18-7-4-3-6(5-8(7)19-2)9-10(12(13,14)15)17-20-11(9)16/h3-5H,16H2,1-2H3. The van der Waals surface area contributed by atoms with Gasteiger partial charge in [-0.1, -0.05) is 11.2 Å². The summed E-state index contributed by atoms with van der Waals surface area (Å²) in [5.74, 6) is 0.253. The maximum Gasteiger partial charge on any atom is 0.437 e. The number of hydrogen-bond donors (Lipinski definition) is 1. The lowest BCUT2D eigenvalue weighted by Gasteiger charge is -2.10. The van der Waals surface area contributed by atoms with Crippen molar-refractivity contribution in [1.29, 1.82) is 0 Å². The van der Waals surface area contributed by atoms with Crippen LogP contribution in [-0.2, 0) is 6.18 Å². The largest absolute Gasteiger partial charge is 0.493 e. The zero-order valence-electron chi connectivity index (χ0n) is 10.6. The fourth-order valence-electron chi connectivity index (χ4n) is 1.77. The predicted octanol–water partition coefficient (Wildman–Crippen LogP) is 2.96. The predicted molar refractivity (Wildman–Crippen MR) is 64.5 cm³/mol. The molecule has 0 spiro atoms. The zero-order valence-corrected chi connectivity index (χ0v) is 10.6. The summed E-state index contributed by atoms with van der Waals surface area (Å²) in [6, 6.07) is 4.26. The summed E-state index contributed by atoms with van der Waals surface area (Å²) in [5.41, 5.74) is 4.11. The van der Waals surface area contributed by atoms with E-state index in [2.05, 4.69) is 9.68 Å². The van der Waals surface area contributed by atoms with Gasteiger partial charge in [0, 0.05) is 0 Å². The van der Waals surface area contributed by atoms with Gasteiger partial charge in [0.2, 0.25) is 5.88 Å². The SMILES string of the molecule is COc1ccc(-c2c(C(F)(F)F)noc2N)cc1OC. The Balaban J connectivity index is 2.60. The Morgan fingerprint density at radius 1 is 1.15 bits per heavy atom. The van der Waals surface area contributed by atoms with Crippen molar-refractivity contribution >= 4 is 5.88 Å². The van der Waals surface area contributed by atoms with Crippen LogP contribution in [0, 0.1) is 0 Å². The summed E-state index contributed by atoms with van der Waals surface area (Å²) >= 11 is 0. The van der Waals surface area contributed by atoms with Gasteiger partial charge in [-0.2, -0.15) is 13.2 Å². The van der Waals surface area contributed by atoms with E-state index < -0.39 is 17.8 Å². The van der Waals surface area contributed by atoms with E-state index in [-0.39, 0.29) is 16.9 Å². The fourth-order valence-corrected chi connectivity index (χ4v) is 1.77. The van der Waals surface area contributed by atoms with Crippen LogP contribution >= 0.6 is 0 Å². The number of nitrogen functional groups attached to an aromatic ring is 1. The van der Waals surface area contributed by atoms with Crippen LogP contribution in [0.5, 0.6) is 11.5 Å². The summed E-state index contributed by atoms with van der Waals surface area (Å²) in [5, 5.41) is 2.96. The van der Waals surface area contributed by atoms with Gasteiger partial charge in [-0.3, -0.25) is 0 Å². The fraction of sp³-hybridized carbons (Fsp3) is 0.250. The van der Waals surface area contributed by atoms with Crippen LogP contribution in [0.3, 0.4) is 0 Å². The Kier molecular flexibility index (Phi) is 3.47. The molecular formula is C12H11F3N2O3. The monoisotopic (exact) mass is 288 g/mol. The number of anilines is 1. The molecule has 0 aliphatic rings. The van der Waals surface area contributed by atoms with Gasteiger partial charge < -0.3 is 19.7 Å². The quantitative estimate of drug-likeness (QED) is 0.940. The van der Waals surface area contributed by atoms with Crippen LogP contribution in [0.15, 0.2) is 22.7 Å². The second-order valence-corrected chi connectivity index (χ2v) is 3.84. The number of benzene rings is 1. The number of rotatable bonds is 3. The van der Waals surface area contributed by atoms with E-state index in [1.807, 2.05) is 0 Å². The molecule has 0 atom stereocenters. The van der Waals surface area contributed by atoms with Crippen molar-refractivity contribution < 1.29 is 27.2 Å². The highest BCUT2D eigenvalue weighted by atomic mass is 19.4. The first-order valence-electron chi connectivity index (χ1n) is 5.43. The molecular weight excluding hydrogens is 277 g/mol. The van der Waals surface area contributed by atoms with E-state index in [0.717, 1.165) is 0 Å². The van der Waals surface area contributed by atoms with E-state index in [1.165, 1.54) is 32.4 Å². The van der Waals surface area contributed by atoms with Crippen LogP contribution in [0.1, 0.15) is 5.69 Å². The molecule has 0 amide bonds. The summed E-state index contributed by atoms with van der Waals surface area (Å²) in [7, 11) is 2.80. The maximum atomic E-state index is 12.8.